The molecule has 33 heavy (non-hydrogen) atoms. The van der Waals surface area contributed by atoms with E-state index in [0.29, 0.717) is 5.57 Å². The van der Waals surface area contributed by atoms with Gasteiger partial charge in [0.2, 0.25) is 0 Å². The van der Waals surface area contributed by atoms with E-state index in [1.165, 1.54) is 20.2 Å². The van der Waals surface area contributed by atoms with Gasteiger partial charge in [-0.1, -0.05) is 38.1 Å². The summed E-state index contributed by atoms with van der Waals surface area (Å²) >= 11 is 1.74. The van der Waals surface area contributed by atoms with Crippen molar-refractivity contribution in [1.29, 1.82) is 0 Å². The van der Waals surface area contributed by atoms with Crippen LogP contribution in [0.15, 0.2) is 48.8 Å². The Balaban J connectivity index is 0.00000149. The maximum Gasteiger partial charge on any atom is 0.168 e. The van der Waals surface area contributed by atoms with E-state index >= 15 is 0 Å². The highest BCUT2D eigenvalue weighted by Gasteiger charge is 2.11. The van der Waals surface area contributed by atoms with Gasteiger partial charge in [-0.05, 0) is 19.1 Å². The number of nitrogens with zero attached hydrogens (tertiary/aromatic N) is 1. The zero-order valence-electron chi connectivity index (χ0n) is 19.3. The number of fused-ring (bicyclic) bond motifs is 3. The molecule has 0 aliphatic rings. The first-order valence-electron chi connectivity index (χ1n) is 10.6. The number of H-pyrrole nitrogens is 1. The normalized spacial score (nSPS) is 12.0. The Kier molecular flexibility index (Phi) is 8.74. The third-order valence-electron chi connectivity index (χ3n) is 4.63. The Labute approximate surface area is 201 Å². The van der Waals surface area contributed by atoms with E-state index in [1.54, 1.807) is 31.4 Å². The van der Waals surface area contributed by atoms with Gasteiger partial charge >= 0.3 is 0 Å². The van der Waals surface area contributed by atoms with Crippen LogP contribution in [-0.4, -0.2) is 28.1 Å². The number of carbonyl (C=O) groups is 2. The quantitative estimate of drug-likeness (QED) is 0.277. The molecule has 2 heterocycles. The summed E-state index contributed by atoms with van der Waals surface area (Å²) in [7, 11) is 1.93. The van der Waals surface area contributed by atoms with E-state index in [4.69, 9.17) is 0 Å². The minimum Gasteiger partial charge on any atom is -0.392 e. The number of carbonyl (C=O) groups excluding carboxylic acids is 2. The van der Waals surface area contributed by atoms with Gasteiger partial charge in [-0.15, -0.1) is 11.3 Å². The fourth-order valence-corrected chi connectivity index (χ4v) is 5.67. The second-order valence-corrected chi connectivity index (χ2v) is 10.7. The topological polar surface area (TPSA) is 86.9 Å². The molecule has 0 saturated heterocycles. The summed E-state index contributed by atoms with van der Waals surface area (Å²) < 4.78 is 2.37. The van der Waals surface area contributed by atoms with Crippen molar-refractivity contribution in [3.8, 4) is 11.3 Å². The van der Waals surface area contributed by atoms with E-state index in [0.717, 1.165) is 22.5 Å². The minimum absolute atomic E-state index is 0.0305. The van der Waals surface area contributed by atoms with Gasteiger partial charge in [-0.3, -0.25) is 9.59 Å². The van der Waals surface area contributed by atoms with Crippen LogP contribution in [0.4, 0.5) is 0 Å². The highest BCUT2D eigenvalue weighted by molar-refractivity contribution is 7.64. The Morgan fingerprint density at radius 1 is 1.03 bits per heavy atom. The van der Waals surface area contributed by atoms with E-state index in [1.807, 2.05) is 27.1 Å². The standard InChI is InChI=1S/C22H22N4O2P2S.C2H6/c1-12(27)29-22-24-11-18(25-22)14-4-6-16-17-7-5-15(9-21(17)31-20(16)8-14)19(10-23-3)26-30-13(2)28;1-2/h4-11,23,26,29-30H,1-3H3,(H,24,25);1-2H3/b19-10-;. The summed E-state index contributed by atoms with van der Waals surface area (Å²) in [6.45, 7) is 7.16. The average molecular weight is 499 g/mol. The molecule has 0 aliphatic heterocycles. The molecular weight excluding hydrogens is 470 g/mol. The molecule has 2 unspecified atom stereocenters. The molecule has 6 nitrogen and oxygen atoms in total. The van der Waals surface area contributed by atoms with E-state index < -0.39 is 0 Å². The largest absolute Gasteiger partial charge is 0.392 e. The second-order valence-electron chi connectivity index (χ2n) is 7.00. The predicted molar refractivity (Wildman–Crippen MR) is 146 cm³/mol. The maximum absolute atomic E-state index is 11.4. The van der Waals surface area contributed by atoms with Crippen molar-refractivity contribution in [3.05, 3.63) is 54.4 Å². The monoisotopic (exact) mass is 498 g/mol. The summed E-state index contributed by atoms with van der Waals surface area (Å²) in [6, 6.07) is 12.7. The number of aromatic nitrogens is 2. The Hall–Kier alpha value is -2.59. The highest BCUT2D eigenvalue weighted by atomic mass is 32.1. The van der Waals surface area contributed by atoms with Crippen LogP contribution in [0.5, 0.6) is 0 Å². The fourth-order valence-electron chi connectivity index (χ4n) is 3.30. The Bertz CT molecular complexity index is 1330. The fraction of sp³-hybridized carbons (Fsp3) is 0.208. The van der Waals surface area contributed by atoms with Crippen molar-refractivity contribution < 1.29 is 9.59 Å². The van der Waals surface area contributed by atoms with E-state index in [-0.39, 0.29) is 28.4 Å². The molecule has 0 spiro atoms. The van der Waals surface area contributed by atoms with Gasteiger partial charge in [0.05, 0.1) is 17.6 Å². The number of hydrogen-bond donors (Lipinski definition) is 3. The van der Waals surface area contributed by atoms with Crippen LogP contribution in [0.3, 0.4) is 0 Å². The molecule has 0 saturated carbocycles. The first kappa shape index (κ1) is 25.0. The Morgan fingerprint density at radius 2 is 1.73 bits per heavy atom. The molecular formula is C24H28N4O2P2S. The first-order chi connectivity index (χ1) is 15.9. The maximum atomic E-state index is 11.4. The van der Waals surface area contributed by atoms with Crippen molar-refractivity contribution in [3.63, 3.8) is 0 Å². The average Bonchev–Trinajstić information content (AvgIpc) is 3.40. The number of benzene rings is 2. The number of aromatic amines is 1. The van der Waals surface area contributed by atoms with Crippen molar-refractivity contribution in [2.75, 3.05) is 7.05 Å². The lowest BCUT2D eigenvalue weighted by Crippen LogP contribution is -2.07. The van der Waals surface area contributed by atoms with Gasteiger partial charge in [0.15, 0.2) is 11.0 Å². The number of hydrogen-bond acceptors (Lipinski definition) is 6. The zero-order chi connectivity index (χ0) is 24.0. The van der Waals surface area contributed by atoms with Gasteiger partial charge in [-0.2, -0.15) is 0 Å². The smallest absolute Gasteiger partial charge is 0.168 e. The summed E-state index contributed by atoms with van der Waals surface area (Å²) in [5.74, 6) is 0. The molecule has 3 N–H and O–H groups in total. The molecule has 0 fully saturated rings. The number of imidazole rings is 1. The molecule has 172 valence electrons. The van der Waals surface area contributed by atoms with Gasteiger partial charge in [0, 0.05) is 68.8 Å². The predicted octanol–water partition coefficient (Wildman–Crippen LogP) is 5.57. The summed E-state index contributed by atoms with van der Waals surface area (Å²) in [5, 5.41) is 8.69. The van der Waals surface area contributed by atoms with Crippen LogP contribution in [0.25, 0.3) is 37.1 Å². The lowest BCUT2D eigenvalue weighted by molar-refractivity contribution is -0.110. The van der Waals surface area contributed by atoms with Crippen molar-refractivity contribution in [2.45, 2.75) is 27.7 Å². The molecule has 0 aliphatic carbocycles. The van der Waals surface area contributed by atoms with Crippen LogP contribution in [0.1, 0.15) is 33.3 Å². The van der Waals surface area contributed by atoms with Crippen LogP contribution in [0, 0.1) is 0 Å². The van der Waals surface area contributed by atoms with Gasteiger partial charge < -0.3 is 15.4 Å². The van der Waals surface area contributed by atoms with Gasteiger partial charge in [0.25, 0.3) is 0 Å². The van der Waals surface area contributed by atoms with Crippen molar-refractivity contribution >= 4 is 71.1 Å². The third kappa shape index (κ3) is 6.05. The first-order valence-corrected chi connectivity index (χ1v) is 13.5. The van der Waals surface area contributed by atoms with E-state index in [2.05, 4.69) is 56.8 Å². The van der Waals surface area contributed by atoms with Crippen LogP contribution in [0.2, 0.25) is 0 Å². The highest BCUT2D eigenvalue weighted by Crippen LogP contribution is 2.37. The molecule has 2 aromatic carbocycles. The number of rotatable bonds is 8. The zero-order valence-corrected chi connectivity index (χ0v) is 22.1. The number of thiophene rings is 1. The molecule has 0 amide bonds. The molecule has 2 atom stereocenters. The second kappa shape index (κ2) is 11.5. The Morgan fingerprint density at radius 3 is 2.39 bits per heavy atom. The minimum atomic E-state index is 0.0305. The molecule has 9 heteroatoms. The molecule has 4 aromatic rings. The SMILES string of the molecule is CC.CN/C=C(\NPC(C)=O)c1ccc2c(c1)sc1cc(-c3cnc(PC(C)=O)[nH]3)ccc12. The summed E-state index contributed by atoms with van der Waals surface area (Å²) in [5.41, 5.74) is 4.83. The molecule has 0 bridgehead atoms. The summed E-state index contributed by atoms with van der Waals surface area (Å²) in [6.07, 6.45) is 3.66. The lowest BCUT2D eigenvalue weighted by atomic mass is 10.1. The summed E-state index contributed by atoms with van der Waals surface area (Å²) in [4.78, 5) is 30.3. The lowest BCUT2D eigenvalue weighted by Gasteiger charge is -2.10. The van der Waals surface area contributed by atoms with Crippen molar-refractivity contribution in [2.24, 2.45) is 0 Å². The van der Waals surface area contributed by atoms with Crippen LogP contribution < -0.4 is 16.0 Å². The van der Waals surface area contributed by atoms with E-state index in [9.17, 15) is 9.59 Å². The van der Waals surface area contributed by atoms with Gasteiger partial charge in [0.1, 0.15) is 5.57 Å². The van der Waals surface area contributed by atoms with Gasteiger partial charge in [-0.25, -0.2) is 4.98 Å². The third-order valence-corrected chi connectivity index (χ3v) is 7.33. The van der Waals surface area contributed by atoms with Crippen LogP contribution >= 0.6 is 28.6 Å². The molecule has 2 aromatic heterocycles. The van der Waals surface area contributed by atoms with Crippen LogP contribution in [-0.2, 0) is 9.59 Å². The molecule has 4 rings (SSSR count). The molecule has 0 radical (unpaired) electrons. The number of nitrogens with one attached hydrogen (secondary N) is 3. The van der Waals surface area contributed by atoms with Crippen molar-refractivity contribution in [1.82, 2.24) is 20.4 Å².